The average molecular weight is 431 g/mol. The molecular weight excluding hydrogens is 408 g/mol. The zero-order chi connectivity index (χ0) is 22.5. The summed E-state index contributed by atoms with van der Waals surface area (Å²) in [5.74, 6) is 0. The predicted molar refractivity (Wildman–Crippen MR) is 147 cm³/mol. The molecule has 0 amide bonds. The first-order valence-electron chi connectivity index (χ1n) is 11.8. The van der Waals surface area contributed by atoms with E-state index in [9.17, 15) is 0 Å². The number of benzene rings is 7. The monoisotopic (exact) mass is 430 g/mol. The molecule has 0 bridgehead atoms. The van der Waals surface area contributed by atoms with Gasteiger partial charge >= 0.3 is 0 Å². The van der Waals surface area contributed by atoms with Crippen molar-refractivity contribution in [3.8, 4) is 22.3 Å². The van der Waals surface area contributed by atoms with Crippen molar-refractivity contribution in [2.75, 3.05) is 0 Å². The van der Waals surface area contributed by atoms with Gasteiger partial charge in [-0.2, -0.15) is 0 Å². The lowest BCUT2D eigenvalue weighted by Gasteiger charge is -2.10. The van der Waals surface area contributed by atoms with E-state index in [1.54, 1.807) is 0 Å². The Balaban J connectivity index is 1.31. The minimum Gasteiger partial charge on any atom is -0.0616 e. The maximum absolute atomic E-state index is 2.32. The van der Waals surface area contributed by atoms with Crippen molar-refractivity contribution in [3.63, 3.8) is 0 Å². The van der Waals surface area contributed by atoms with Crippen LogP contribution in [0.5, 0.6) is 0 Å². The highest BCUT2D eigenvalue weighted by Crippen LogP contribution is 2.35. The Bertz CT molecular complexity index is 1840. The van der Waals surface area contributed by atoms with Crippen molar-refractivity contribution in [1.82, 2.24) is 0 Å². The molecule has 0 atom stereocenters. The van der Waals surface area contributed by atoms with Crippen LogP contribution < -0.4 is 0 Å². The largest absolute Gasteiger partial charge is 0.0616 e. The lowest BCUT2D eigenvalue weighted by molar-refractivity contribution is 1.62. The second-order valence-electron chi connectivity index (χ2n) is 9.03. The molecule has 0 aliphatic heterocycles. The summed E-state index contributed by atoms with van der Waals surface area (Å²) in [5, 5.41) is 10.4. The molecule has 158 valence electrons. The maximum Gasteiger partial charge on any atom is -0.00268 e. The third-order valence-electron chi connectivity index (χ3n) is 7.03. The van der Waals surface area contributed by atoms with E-state index in [1.807, 2.05) is 0 Å². The van der Waals surface area contributed by atoms with Gasteiger partial charge in [-0.25, -0.2) is 0 Å². The summed E-state index contributed by atoms with van der Waals surface area (Å²) in [4.78, 5) is 0. The second kappa shape index (κ2) is 7.57. The van der Waals surface area contributed by atoms with Gasteiger partial charge in [0.15, 0.2) is 0 Å². The van der Waals surface area contributed by atoms with Crippen LogP contribution in [0, 0.1) is 0 Å². The highest BCUT2D eigenvalue weighted by molar-refractivity contribution is 6.20. The third kappa shape index (κ3) is 3.08. The number of hydrogen-bond donors (Lipinski definition) is 0. The highest BCUT2D eigenvalue weighted by atomic mass is 14.1. The summed E-state index contributed by atoms with van der Waals surface area (Å²) < 4.78 is 0. The normalized spacial score (nSPS) is 11.5. The summed E-state index contributed by atoms with van der Waals surface area (Å²) in [6, 6.07) is 48.6. The molecule has 0 aromatic heterocycles. The minimum atomic E-state index is 1.24. The van der Waals surface area contributed by atoms with Crippen LogP contribution in [0.4, 0.5) is 0 Å². The average Bonchev–Trinajstić information content (AvgIpc) is 2.92. The van der Waals surface area contributed by atoms with Crippen molar-refractivity contribution < 1.29 is 0 Å². The first kappa shape index (κ1) is 19.1. The van der Waals surface area contributed by atoms with Crippen LogP contribution in [-0.2, 0) is 0 Å². The van der Waals surface area contributed by atoms with Crippen LogP contribution in [0.1, 0.15) is 0 Å². The van der Waals surface area contributed by atoms with Crippen molar-refractivity contribution in [2.45, 2.75) is 0 Å². The molecule has 0 fully saturated rings. The molecule has 0 spiro atoms. The molecule has 0 saturated carbocycles. The van der Waals surface area contributed by atoms with Gasteiger partial charge in [-0.1, -0.05) is 121 Å². The second-order valence-corrected chi connectivity index (χ2v) is 9.03. The van der Waals surface area contributed by atoms with E-state index in [0.717, 1.165) is 0 Å². The van der Waals surface area contributed by atoms with Crippen LogP contribution in [0.25, 0.3) is 65.3 Å². The van der Waals surface area contributed by atoms with Crippen molar-refractivity contribution in [2.24, 2.45) is 0 Å². The van der Waals surface area contributed by atoms with Crippen molar-refractivity contribution in [3.05, 3.63) is 133 Å². The summed E-state index contributed by atoms with van der Waals surface area (Å²) in [7, 11) is 0. The Morgan fingerprint density at radius 2 is 0.735 bits per heavy atom. The molecule has 0 heterocycles. The molecule has 0 N–H and O–H groups in total. The molecule has 0 aliphatic carbocycles. The smallest absolute Gasteiger partial charge is 0.00268 e. The van der Waals surface area contributed by atoms with Crippen LogP contribution in [0.3, 0.4) is 0 Å². The van der Waals surface area contributed by atoms with E-state index in [0.29, 0.717) is 0 Å². The quantitative estimate of drug-likeness (QED) is 0.239. The lowest BCUT2D eigenvalue weighted by Crippen LogP contribution is -1.84. The Morgan fingerprint density at radius 3 is 1.50 bits per heavy atom. The summed E-state index contributed by atoms with van der Waals surface area (Å²) in [5.41, 5.74) is 4.98. The SMILES string of the molecule is c1ccc2cc(-c3ccc(-c4ccc5c(ccc6ccc7ccccc7c65)c4)cc3)ccc2c1. The topological polar surface area (TPSA) is 0 Å². The number of fused-ring (bicyclic) bond motifs is 6. The standard InChI is InChI=1S/C34H22/c1-2-7-28-21-29(17-13-23(28)5-1)24-9-11-25(12-10-24)30-19-20-33-31(22-30)18-16-27-15-14-26-6-3-4-8-32(26)34(27)33/h1-22H. The van der Waals surface area contributed by atoms with Crippen molar-refractivity contribution in [1.29, 1.82) is 0 Å². The van der Waals surface area contributed by atoms with Gasteiger partial charge in [0.2, 0.25) is 0 Å². The van der Waals surface area contributed by atoms with Gasteiger partial charge in [0, 0.05) is 0 Å². The van der Waals surface area contributed by atoms with Gasteiger partial charge in [-0.05, 0) is 77.5 Å². The molecule has 0 unspecified atom stereocenters. The van der Waals surface area contributed by atoms with Gasteiger partial charge in [0.05, 0.1) is 0 Å². The van der Waals surface area contributed by atoms with Gasteiger partial charge < -0.3 is 0 Å². The molecule has 7 aromatic carbocycles. The summed E-state index contributed by atoms with van der Waals surface area (Å²) in [6.07, 6.45) is 0. The van der Waals surface area contributed by atoms with E-state index in [4.69, 9.17) is 0 Å². The van der Waals surface area contributed by atoms with Gasteiger partial charge in [0.25, 0.3) is 0 Å². The van der Waals surface area contributed by atoms with E-state index < -0.39 is 0 Å². The fourth-order valence-corrected chi connectivity index (χ4v) is 5.24. The first-order valence-corrected chi connectivity index (χ1v) is 11.8. The Morgan fingerprint density at radius 1 is 0.265 bits per heavy atom. The molecule has 7 aromatic rings. The van der Waals surface area contributed by atoms with E-state index >= 15 is 0 Å². The Labute approximate surface area is 198 Å². The van der Waals surface area contributed by atoms with Crippen molar-refractivity contribution >= 4 is 43.1 Å². The molecule has 0 radical (unpaired) electrons. The van der Waals surface area contributed by atoms with Crippen LogP contribution in [0.2, 0.25) is 0 Å². The molecule has 0 nitrogen and oxygen atoms in total. The fourth-order valence-electron chi connectivity index (χ4n) is 5.24. The van der Waals surface area contributed by atoms with E-state index in [1.165, 1.54) is 65.3 Å². The minimum absolute atomic E-state index is 1.24. The fraction of sp³-hybridized carbons (Fsp3) is 0. The Hall–Kier alpha value is -4.42. The molecule has 0 heteroatoms. The van der Waals surface area contributed by atoms with Crippen LogP contribution in [0.15, 0.2) is 133 Å². The lowest BCUT2D eigenvalue weighted by atomic mass is 9.93. The number of hydrogen-bond acceptors (Lipinski definition) is 0. The zero-order valence-electron chi connectivity index (χ0n) is 18.7. The van der Waals surface area contributed by atoms with Gasteiger partial charge in [0.1, 0.15) is 0 Å². The molecule has 7 rings (SSSR count). The highest BCUT2D eigenvalue weighted by Gasteiger charge is 2.07. The summed E-state index contributed by atoms with van der Waals surface area (Å²) >= 11 is 0. The van der Waals surface area contributed by atoms with E-state index in [-0.39, 0.29) is 0 Å². The van der Waals surface area contributed by atoms with Crippen LogP contribution in [-0.4, -0.2) is 0 Å². The maximum atomic E-state index is 2.32. The zero-order valence-corrected chi connectivity index (χ0v) is 18.7. The van der Waals surface area contributed by atoms with Crippen LogP contribution >= 0.6 is 0 Å². The predicted octanol–water partition coefficient (Wildman–Crippen LogP) is 9.63. The first-order chi connectivity index (χ1) is 16.8. The molecular formula is C34H22. The van der Waals surface area contributed by atoms with Gasteiger partial charge in [-0.3, -0.25) is 0 Å². The van der Waals surface area contributed by atoms with Gasteiger partial charge in [-0.15, -0.1) is 0 Å². The summed E-state index contributed by atoms with van der Waals surface area (Å²) in [6.45, 7) is 0. The molecule has 0 saturated heterocycles. The van der Waals surface area contributed by atoms with E-state index in [2.05, 4.69) is 133 Å². The third-order valence-corrected chi connectivity index (χ3v) is 7.03. The Kier molecular flexibility index (Phi) is 4.25. The molecule has 0 aliphatic rings. The molecule has 34 heavy (non-hydrogen) atoms. The number of rotatable bonds is 2.